The number of rotatable bonds is 4. The lowest BCUT2D eigenvalue weighted by molar-refractivity contribution is -0.147. The number of cyclic esters (lactones) is 1. The van der Waals surface area contributed by atoms with Crippen molar-refractivity contribution in [2.45, 2.75) is 32.1 Å². The molecule has 7 nitrogen and oxygen atoms in total. The number of carbonyl (C=O) groups excluding carboxylic acids is 2. The van der Waals surface area contributed by atoms with E-state index in [1.54, 1.807) is 11.6 Å². The second-order valence-electron chi connectivity index (χ2n) is 5.16. The summed E-state index contributed by atoms with van der Waals surface area (Å²) in [5.41, 5.74) is 1.11. The first-order valence-electron chi connectivity index (χ1n) is 6.97. The number of hydrogen-bond donors (Lipinski definition) is 0. The van der Waals surface area contributed by atoms with Gasteiger partial charge in [-0.2, -0.15) is 0 Å². The Morgan fingerprint density at radius 2 is 2.18 bits per heavy atom. The van der Waals surface area contributed by atoms with Crippen LogP contribution in [0.3, 0.4) is 0 Å². The molecule has 1 aliphatic heterocycles. The normalized spacial score (nSPS) is 20.7. The summed E-state index contributed by atoms with van der Waals surface area (Å²) in [5.74, 6) is -1.19. The molecule has 1 saturated heterocycles. The van der Waals surface area contributed by atoms with Gasteiger partial charge in [0.1, 0.15) is 6.10 Å². The minimum Gasteiger partial charge on any atom is -0.460 e. The highest BCUT2D eigenvalue weighted by molar-refractivity contribution is 5.89. The Morgan fingerprint density at radius 3 is 2.86 bits per heavy atom. The Hall–Kier alpha value is -2.70. The fourth-order valence-corrected chi connectivity index (χ4v) is 2.25. The maximum absolute atomic E-state index is 12.0. The van der Waals surface area contributed by atoms with E-state index < -0.39 is 18.0 Å². The van der Waals surface area contributed by atoms with E-state index >= 15 is 0 Å². The minimum absolute atomic E-state index is 0.0725. The monoisotopic (exact) mass is 301 g/mol. The van der Waals surface area contributed by atoms with Crippen LogP contribution in [0.2, 0.25) is 0 Å². The Bertz CT molecular complexity index is 683. The van der Waals surface area contributed by atoms with Crippen molar-refractivity contribution in [3.05, 3.63) is 47.8 Å². The first-order chi connectivity index (χ1) is 10.6. The average Bonchev–Trinajstić information content (AvgIpc) is 3.07. The first kappa shape index (κ1) is 14.2. The SMILES string of the molecule is CC1CC(OC(=O)c2cn(Cc3ccccc3)nn2)C(=O)O1. The number of aromatic nitrogens is 3. The summed E-state index contributed by atoms with van der Waals surface area (Å²) >= 11 is 0. The predicted octanol–water partition coefficient (Wildman–Crippen LogP) is 1.19. The third-order valence-electron chi connectivity index (χ3n) is 3.31. The summed E-state index contributed by atoms with van der Waals surface area (Å²) in [6, 6.07) is 9.68. The van der Waals surface area contributed by atoms with Crippen molar-refractivity contribution in [1.29, 1.82) is 0 Å². The van der Waals surface area contributed by atoms with Crippen LogP contribution < -0.4 is 0 Å². The van der Waals surface area contributed by atoms with Gasteiger partial charge in [0.05, 0.1) is 12.7 Å². The van der Waals surface area contributed by atoms with Crippen LogP contribution in [0, 0.1) is 0 Å². The second kappa shape index (κ2) is 5.97. The number of carbonyl (C=O) groups is 2. The van der Waals surface area contributed by atoms with Crippen LogP contribution in [0.25, 0.3) is 0 Å². The van der Waals surface area contributed by atoms with E-state index in [0.717, 1.165) is 5.56 Å². The highest BCUT2D eigenvalue weighted by Crippen LogP contribution is 2.18. The number of nitrogens with zero attached hydrogens (tertiary/aromatic N) is 3. The molecule has 114 valence electrons. The van der Waals surface area contributed by atoms with Gasteiger partial charge in [-0.05, 0) is 12.5 Å². The van der Waals surface area contributed by atoms with Crippen molar-refractivity contribution in [3.63, 3.8) is 0 Å². The molecule has 0 amide bonds. The molecule has 7 heteroatoms. The Balaban J connectivity index is 1.63. The van der Waals surface area contributed by atoms with Crippen LogP contribution in [0.1, 0.15) is 29.4 Å². The van der Waals surface area contributed by atoms with Gasteiger partial charge in [-0.25, -0.2) is 14.3 Å². The molecule has 1 aliphatic rings. The summed E-state index contributed by atoms with van der Waals surface area (Å²) in [6.07, 6.45) is 0.766. The Morgan fingerprint density at radius 1 is 1.41 bits per heavy atom. The molecule has 1 aromatic carbocycles. The second-order valence-corrected chi connectivity index (χ2v) is 5.16. The molecule has 0 saturated carbocycles. The average molecular weight is 301 g/mol. The van der Waals surface area contributed by atoms with E-state index in [0.29, 0.717) is 13.0 Å². The molecule has 22 heavy (non-hydrogen) atoms. The lowest BCUT2D eigenvalue weighted by Gasteiger charge is -2.05. The molecule has 0 aliphatic carbocycles. The zero-order chi connectivity index (χ0) is 15.5. The molecule has 2 unspecified atom stereocenters. The van der Waals surface area contributed by atoms with Gasteiger partial charge in [0.2, 0.25) is 6.10 Å². The third-order valence-corrected chi connectivity index (χ3v) is 3.31. The number of esters is 2. The van der Waals surface area contributed by atoms with Crippen molar-refractivity contribution in [3.8, 4) is 0 Å². The van der Waals surface area contributed by atoms with Gasteiger partial charge in [0, 0.05) is 6.42 Å². The molecular weight excluding hydrogens is 286 g/mol. The van der Waals surface area contributed by atoms with E-state index in [1.807, 2.05) is 30.3 Å². The lowest BCUT2D eigenvalue weighted by Crippen LogP contribution is -2.22. The van der Waals surface area contributed by atoms with E-state index in [2.05, 4.69) is 10.3 Å². The molecule has 0 N–H and O–H groups in total. The van der Waals surface area contributed by atoms with E-state index in [1.165, 1.54) is 6.20 Å². The van der Waals surface area contributed by atoms with E-state index in [-0.39, 0.29) is 11.8 Å². The van der Waals surface area contributed by atoms with E-state index in [9.17, 15) is 9.59 Å². The highest BCUT2D eigenvalue weighted by Gasteiger charge is 2.35. The predicted molar refractivity (Wildman–Crippen MR) is 74.9 cm³/mol. The fraction of sp³-hybridized carbons (Fsp3) is 0.333. The zero-order valence-electron chi connectivity index (χ0n) is 12.0. The fourth-order valence-electron chi connectivity index (χ4n) is 2.25. The molecule has 0 radical (unpaired) electrons. The maximum atomic E-state index is 12.0. The smallest absolute Gasteiger partial charge is 0.361 e. The van der Waals surface area contributed by atoms with Crippen molar-refractivity contribution in [1.82, 2.24) is 15.0 Å². The van der Waals surface area contributed by atoms with Crippen LogP contribution in [-0.2, 0) is 20.8 Å². The van der Waals surface area contributed by atoms with Crippen LogP contribution in [0.5, 0.6) is 0 Å². The first-order valence-corrected chi connectivity index (χ1v) is 6.97. The lowest BCUT2D eigenvalue weighted by atomic mass is 10.2. The topological polar surface area (TPSA) is 83.3 Å². The molecule has 2 atom stereocenters. The van der Waals surface area contributed by atoms with Crippen molar-refractivity contribution < 1.29 is 19.1 Å². The van der Waals surface area contributed by atoms with Crippen LogP contribution in [-0.4, -0.2) is 39.1 Å². The number of hydrogen-bond acceptors (Lipinski definition) is 6. The molecule has 0 bridgehead atoms. The Labute approximate surface area is 126 Å². The standard InChI is InChI=1S/C15H15N3O4/c1-10-7-13(15(20)21-10)22-14(19)12-9-18(17-16-12)8-11-5-3-2-4-6-11/h2-6,9-10,13H,7-8H2,1H3. The van der Waals surface area contributed by atoms with Crippen LogP contribution in [0.4, 0.5) is 0 Å². The molecule has 3 rings (SSSR count). The van der Waals surface area contributed by atoms with Gasteiger partial charge >= 0.3 is 11.9 Å². The van der Waals surface area contributed by atoms with Gasteiger partial charge in [-0.1, -0.05) is 35.5 Å². The van der Waals surface area contributed by atoms with Gasteiger partial charge in [0.25, 0.3) is 0 Å². The summed E-state index contributed by atoms with van der Waals surface area (Å²) in [4.78, 5) is 23.4. The highest BCUT2D eigenvalue weighted by atomic mass is 16.6. The van der Waals surface area contributed by atoms with Crippen molar-refractivity contribution in [2.75, 3.05) is 0 Å². The molecular formula is C15H15N3O4. The van der Waals surface area contributed by atoms with Gasteiger partial charge in [-0.3, -0.25) is 0 Å². The zero-order valence-corrected chi connectivity index (χ0v) is 12.0. The summed E-state index contributed by atoms with van der Waals surface area (Å²) in [5, 5.41) is 7.68. The molecule has 2 heterocycles. The number of benzene rings is 1. The number of ether oxygens (including phenoxy) is 2. The van der Waals surface area contributed by atoms with E-state index in [4.69, 9.17) is 9.47 Å². The quantitative estimate of drug-likeness (QED) is 0.789. The largest absolute Gasteiger partial charge is 0.460 e. The summed E-state index contributed by atoms with van der Waals surface area (Å²) in [6.45, 7) is 2.26. The molecule has 0 spiro atoms. The summed E-state index contributed by atoms with van der Waals surface area (Å²) in [7, 11) is 0. The molecule has 1 fully saturated rings. The maximum Gasteiger partial charge on any atom is 0.361 e. The molecule has 2 aromatic rings. The van der Waals surface area contributed by atoms with Crippen molar-refractivity contribution >= 4 is 11.9 Å². The minimum atomic E-state index is -0.859. The van der Waals surface area contributed by atoms with Crippen LogP contribution in [0.15, 0.2) is 36.5 Å². The van der Waals surface area contributed by atoms with Gasteiger partial charge in [0.15, 0.2) is 5.69 Å². The Kier molecular flexibility index (Phi) is 3.86. The van der Waals surface area contributed by atoms with Gasteiger partial charge < -0.3 is 9.47 Å². The van der Waals surface area contributed by atoms with Gasteiger partial charge in [-0.15, -0.1) is 5.10 Å². The summed E-state index contributed by atoms with van der Waals surface area (Å²) < 4.78 is 11.6. The third kappa shape index (κ3) is 3.13. The van der Waals surface area contributed by atoms with Crippen LogP contribution >= 0.6 is 0 Å². The van der Waals surface area contributed by atoms with Crippen molar-refractivity contribution in [2.24, 2.45) is 0 Å². The molecule has 1 aromatic heterocycles.